The molecule has 164 valence electrons. The van der Waals surface area contributed by atoms with Crippen LogP contribution in [0.1, 0.15) is 37.3 Å². The van der Waals surface area contributed by atoms with E-state index in [2.05, 4.69) is 40.5 Å². The molecule has 0 bridgehead atoms. The highest BCUT2D eigenvalue weighted by molar-refractivity contribution is 6.02. The van der Waals surface area contributed by atoms with Gasteiger partial charge in [0.1, 0.15) is 6.04 Å². The molecule has 2 heterocycles. The summed E-state index contributed by atoms with van der Waals surface area (Å²) in [4.78, 5) is 29.1. The van der Waals surface area contributed by atoms with E-state index in [0.29, 0.717) is 13.0 Å². The van der Waals surface area contributed by atoms with Crippen molar-refractivity contribution in [3.63, 3.8) is 0 Å². The normalized spacial score (nSPS) is 19.3. The third-order valence-electron chi connectivity index (χ3n) is 6.64. The molecule has 2 aromatic carbocycles. The Morgan fingerprint density at radius 1 is 1.00 bits per heavy atom. The average Bonchev–Trinajstić information content (AvgIpc) is 3.18. The molecule has 2 aromatic rings. The van der Waals surface area contributed by atoms with Crippen molar-refractivity contribution in [3.05, 3.63) is 65.7 Å². The first-order valence-electron chi connectivity index (χ1n) is 11.5. The minimum Gasteiger partial charge on any atom is -0.354 e. The number of rotatable bonds is 7. The maximum atomic E-state index is 12.8. The standard InChI is InChI=1S/C26H33N3O2/c1-20(30)29-24-11-6-5-10-23(24)19-25(29)26(31)27-14-7-15-28-16-12-22(13-17-28)18-21-8-3-2-4-9-21/h2-6,8-11,22,25H,7,12-19H2,1H3,(H,27,31)/t25-/m0/s1. The molecule has 2 aliphatic rings. The fraction of sp³-hybridized carbons (Fsp3) is 0.462. The van der Waals surface area contributed by atoms with E-state index in [1.807, 2.05) is 24.3 Å². The third kappa shape index (κ3) is 5.34. The van der Waals surface area contributed by atoms with Crippen LogP contribution in [0.3, 0.4) is 0 Å². The van der Waals surface area contributed by atoms with Crippen LogP contribution in [0.5, 0.6) is 0 Å². The van der Waals surface area contributed by atoms with Crippen LogP contribution in [0.4, 0.5) is 5.69 Å². The van der Waals surface area contributed by atoms with E-state index in [9.17, 15) is 9.59 Å². The Morgan fingerprint density at radius 2 is 1.71 bits per heavy atom. The minimum atomic E-state index is -0.427. The summed E-state index contributed by atoms with van der Waals surface area (Å²) in [5.41, 5.74) is 3.38. The summed E-state index contributed by atoms with van der Waals surface area (Å²) in [6.45, 7) is 5.48. The predicted octanol–water partition coefficient (Wildman–Crippen LogP) is 3.43. The molecule has 0 spiro atoms. The molecule has 0 aliphatic carbocycles. The van der Waals surface area contributed by atoms with Crippen LogP contribution in [-0.4, -0.2) is 48.9 Å². The first-order valence-corrected chi connectivity index (χ1v) is 11.5. The number of fused-ring (bicyclic) bond motifs is 1. The zero-order chi connectivity index (χ0) is 21.6. The number of para-hydroxylation sites is 1. The second-order valence-corrected chi connectivity index (χ2v) is 8.86. The molecule has 1 N–H and O–H groups in total. The van der Waals surface area contributed by atoms with Gasteiger partial charge >= 0.3 is 0 Å². The molecular weight excluding hydrogens is 386 g/mol. The average molecular weight is 420 g/mol. The number of likely N-dealkylation sites (tertiary alicyclic amines) is 1. The monoisotopic (exact) mass is 419 g/mol. The van der Waals surface area contributed by atoms with Gasteiger partial charge in [0.15, 0.2) is 0 Å². The highest BCUT2D eigenvalue weighted by atomic mass is 16.2. The van der Waals surface area contributed by atoms with Crippen LogP contribution in [0, 0.1) is 5.92 Å². The summed E-state index contributed by atoms with van der Waals surface area (Å²) in [7, 11) is 0. The fourth-order valence-electron chi connectivity index (χ4n) is 4.98. The maximum absolute atomic E-state index is 12.8. The molecule has 1 saturated heterocycles. The zero-order valence-electron chi connectivity index (χ0n) is 18.4. The number of nitrogens with zero attached hydrogens (tertiary/aromatic N) is 2. The largest absolute Gasteiger partial charge is 0.354 e. The topological polar surface area (TPSA) is 52.7 Å². The van der Waals surface area contributed by atoms with E-state index in [-0.39, 0.29) is 11.8 Å². The maximum Gasteiger partial charge on any atom is 0.243 e. The van der Waals surface area contributed by atoms with Crippen molar-refractivity contribution < 1.29 is 9.59 Å². The Bertz CT molecular complexity index is 891. The Kier molecular flexibility index (Phi) is 7.03. The van der Waals surface area contributed by atoms with Gasteiger partial charge in [0.05, 0.1) is 0 Å². The van der Waals surface area contributed by atoms with Crippen LogP contribution in [0.2, 0.25) is 0 Å². The Labute approximate surface area is 185 Å². The van der Waals surface area contributed by atoms with Gasteiger partial charge in [-0.05, 0) is 68.4 Å². The van der Waals surface area contributed by atoms with Crippen LogP contribution < -0.4 is 10.2 Å². The third-order valence-corrected chi connectivity index (χ3v) is 6.64. The lowest BCUT2D eigenvalue weighted by Crippen LogP contribution is -2.47. The molecule has 2 aliphatic heterocycles. The number of piperidine rings is 1. The van der Waals surface area contributed by atoms with Gasteiger partial charge in [-0.3, -0.25) is 14.5 Å². The molecule has 4 rings (SSSR count). The van der Waals surface area contributed by atoms with E-state index in [0.717, 1.165) is 43.2 Å². The highest BCUT2D eigenvalue weighted by Gasteiger charge is 2.36. The van der Waals surface area contributed by atoms with Crippen molar-refractivity contribution in [2.75, 3.05) is 31.1 Å². The van der Waals surface area contributed by atoms with Gasteiger partial charge in [-0.15, -0.1) is 0 Å². The zero-order valence-corrected chi connectivity index (χ0v) is 18.4. The molecule has 1 atom stereocenters. The summed E-state index contributed by atoms with van der Waals surface area (Å²) >= 11 is 0. The van der Waals surface area contributed by atoms with Crippen molar-refractivity contribution in [2.45, 2.75) is 45.1 Å². The van der Waals surface area contributed by atoms with Gasteiger partial charge in [-0.1, -0.05) is 48.5 Å². The van der Waals surface area contributed by atoms with E-state index in [4.69, 9.17) is 0 Å². The molecule has 31 heavy (non-hydrogen) atoms. The Balaban J connectivity index is 1.17. The number of amides is 2. The number of hydrogen-bond acceptors (Lipinski definition) is 3. The second-order valence-electron chi connectivity index (χ2n) is 8.86. The second kappa shape index (κ2) is 10.1. The van der Waals surface area contributed by atoms with Crippen LogP contribution in [-0.2, 0) is 22.4 Å². The van der Waals surface area contributed by atoms with E-state index in [1.54, 1.807) is 4.90 Å². The number of hydrogen-bond donors (Lipinski definition) is 1. The predicted molar refractivity (Wildman–Crippen MR) is 124 cm³/mol. The summed E-state index contributed by atoms with van der Waals surface area (Å²) in [5, 5.41) is 3.07. The van der Waals surface area contributed by atoms with Crippen molar-refractivity contribution in [2.24, 2.45) is 5.92 Å². The van der Waals surface area contributed by atoms with Gasteiger partial charge in [0.25, 0.3) is 0 Å². The lowest BCUT2D eigenvalue weighted by molar-refractivity contribution is -0.125. The van der Waals surface area contributed by atoms with E-state index >= 15 is 0 Å². The van der Waals surface area contributed by atoms with E-state index < -0.39 is 6.04 Å². The summed E-state index contributed by atoms with van der Waals surface area (Å²) in [5.74, 6) is 0.649. The van der Waals surface area contributed by atoms with Crippen LogP contribution in [0.25, 0.3) is 0 Å². The van der Waals surface area contributed by atoms with Crippen molar-refractivity contribution in [1.29, 1.82) is 0 Å². The minimum absolute atomic E-state index is 0.0482. The lowest BCUT2D eigenvalue weighted by atomic mass is 9.90. The SMILES string of the molecule is CC(=O)N1c2ccccc2C[C@H]1C(=O)NCCCN1CCC(Cc2ccccc2)CC1. The number of carbonyl (C=O) groups is 2. The first kappa shape index (κ1) is 21.6. The number of nitrogens with one attached hydrogen (secondary N) is 1. The molecule has 0 radical (unpaired) electrons. The van der Waals surface area contributed by atoms with Crippen molar-refractivity contribution >= 4 is 17.5 Å². The van der Waals surface area contributed by atoms with E-state index in [1.165, 1.54) is 31.7 Å². The summed E-state index contributed by atoms with van der Waals surface area (Å²) in [6, 6.07) is 18.1. The van der Waals surface area contributed by atoms with Gasteiger partial charge in [-0.2, -0.15) is 0 Å². The van der Waals surface area contributed by atoms with Gasteiger partial charge in [-0.25, -0.2) is 0 Å². The lowest BCUT2D eigenvalue weighted by Gasteiger charge is -2.32. The van der Waals surface area contributed by atoms with Crippen LogP contribution >= 0.6 is 0 Å². The Morgan fingerprint density at radius 3 is 2.45 bits per heavy atom. The van der Waals surface area contributed by atoms with Gasteiger partial charge < -0.3 is 10.2 Å². The van der Waals surface area contributed by atoms with Gasteiger partial charge in [0, 0.05) is 25.6 Å². The molecular formula is C26H33N3O2. The van der Waals surface area contributed by atoms with Crippen LogP contribution in [0.15, 0.2) is 54.6 Å². The molecule has 0 saturated carbocycles. The first-order chi connectivity index (χ1) is 15.1. The number of carbonyl (C=O) groups excluding carboxylic acids is 2. The molecule has 0 aromatic heterocycles. The quantitative estimate of drug-likeness (QED) is 0.700. The number of anilines is 1. The molecule has 0 unspecified atom stereocenters. The Hall–Kier alpha value is -2.66. The summed E-state index contributed by atoms with van der Waals surface area (Å²) < 4.78 is 0. The molecule has 2 amide bonds. The highest BCUT2D eigenvalue weighted by Crippen LogP contribution is 2.32. The summed E-state index contributed by atoms with van der Waals surface area (Å²) in [6.07, 6.45) is 5.21. The molecule has 5 nitrogen and oxygen atoms in total. The van der Waals surface area contributed by atoms with Crippen molar-refractivity contribution in [1.82, 2.24) is 10.2 Å². The smallest absolute Gasteiger partial charge is 0.243 e. The fourth-order valence-corrected chi connectivity index (χ4v) is 4.98. The van der Waals surface area contributed by atoms with Gasteiger partial charge in [0.2, 0.25) is 11.8 Å². The number of benzene rings is 2. The molecule has 5 heteroatoms. The van der Waals surface area contributed by atoms with Crippen molar-refractivity contribution in [3.8, 4) is 0 Å². The molecule has 1 fully saturated rings.